The van der Waals surface area contributed by atoms with E-state index in [1.54, 1.807) is 0 Å². The number of hydrogen-bond acceptors (Lipinski definition) is 1. The van der Waals surface area contributed by atoms with Gasteiger partial charge in [0.15, 0.2) is 0 Å². The fraction of sp³-hybridized carbons (Fsp3) is 0.455. The lowest BCUT2D eigenvalue weighted by Gasteiger charge is -2.21. The summed E-state index contributed by atoms with van der Waals surface area (Å²) in [6.45, 7) is -0.615. The van der Waals surface area contributed by atoms with E-state index in [0.29, 0.717) is 0 Å². The van der Waals surface area contributed by atoms with Crippen molar-refractivity contribution in [1.82, 2.24) is 4.90 Å². The Kier molecular flexibility index (Phi) is 5.71. The second kappa shape index (κ2) is 6.81. The van der Waals surface area contributed by atoms with Gasteiger partial charge < -0.3 is 0 Å². The molecule has 0 aromatic heterocycles. The number of rotatable bonds is 6. The Hall–Kier alpha value is -0.810. The molecule has 1 aromatic carbocycles. The molecular weight excluding hydrogens is 258 g/mol. The van der Waals surface area contributed by atoms with Crippen molar-refractivity contribution in [1.29, 1.82) is 0 Å². The number of nitrogens with zero attached hydrogens (tertiary/aromatic N) is 1. The summed E-state index contributed by atoms with van der Waals surface area (Å²) in [5, 5.41) is 0. The van der Waals surface area contributed by atoms with E-state index < -0.39 is 24.6 Å². The third-order valence-electron chi connectivity index (χ3n) is 2.24. The number of hydrogen-bond donors (Lipinski definition) is 0. The summed E-state index contributed by atoms with van der Waals surface area (Å²) in [6, 6.07) is 3.42. The summed E-state index contributed by atoms with van der Waals surface area (Å²) < 4.78 is 51.1. The quantitative estimate of drug-likeness (QED) is 0.566. The van der Waals surface area contributed by atoms with Gasteiger partial charge in [-0.1, -0.05) is 6.07 Å². The molecule has 0 aliphatic carbocycles. The zero-order chi connectivity index (χ0) is 12.8. The molecule has 17 heavy (non-hydrogen) atoms. The molecule has 96 valence electrons. The minimum absolute atomic E-state index is 0.128. The van der Waals surface area contributed by atoms with Gasteiger partial charge in [-0.3, -0.25) is 4.90 Å². The summed E-state index contributed by atoms with van der Waals surface area (Å²) in [6.07, 6.45) is -2.56. The van der Waals surface area contributed by atoms with Gasteiger partial charge >= 0.3 is 0 Å². The molecule has 0 bridgehead atoms. The van der Waals surface area contributed by atoms with Crippen LogP contribution in [0.2, 0.25) is 0 Å². The smallest absolute Gasteiger partial charge is 0.251 e. The molecule has 0 aliphatic heterocycles. The van der Waals surface area contributed by atoms with Crippen LogP contribution in [0.5, 0.6) is 0 Å². The fourth-order valence-electron chi connectivity index (χ4n) is 1.46. The van der Waals surface area contributed by atoms with Gasteiger partial charge in [0.25, 0.3) is 6.43 Å². The first kappa shape index (κ1) is 14.3. The molecule has 1 nitrogen and oxygen atoms in total. The molecule has 0 unspecified atom stereocenters. The minimum Gasteiger partial charge on any atom is -0.292 e. The van der Waals surface area contributed by atoms with Crippen LogP contribution in [-0.4, -0.2) is 30.3 Å². The molecular formula is C11H12ClF4N. The normalized spacial score (nSPS) is 11.5. The molecule has 1 aromatic rings. The Morgan fingerprint density at radius 1 is 1.18 bits per heavy atom. The average Bonchev–Trinajstić information content (AvgIpc) is 2.23. The van der Waals surface area contributed by atoms with Crippen LogP contribution in [0.25, 0.3) is 0 Å². The average molecular weight is 270 g/mol. The van der Waals surface area contributed by atoms with Crippen molar-refractivity contribution >= 4 is 11.6 Å². The van der Waals surface area contributed by atoms with E-state index in [1.165, 1.54) is 11.0 Å². The van der Waals surface area contributed by atoms with E-state index in [-0.39, 0.29) is 24.5 Å². The Labute approximate surface area is 102 Å². The highest BCUT2D eigenvalue weighted by molar-refractivity contribution is 6.18. The Bertz CT molecular complexity index is 339. The van der Waals surface area contributed by atoms with E-state index in [9.17, 15) is 17.6 Å². The van der Waals surface area contributed by atoms with Gasteiger partial charge in [0, 0.05) is 24.5 Å². The third-order valence-corrected chi connectivity index (χ3v) is 2.41. The first-order chi connectivity index (χ1) is 8.04. The van der Waals surface area contributed by atoms with Crippen molar-refractivity contribution in [3.8, 4) is 0 Å². The number of halogens is 5. The Morgan fingerprint density at radius 3 is 2.24 bits per heavy atom. The molecule has 0 aliphatic rings. The fourth-order valence-corrected chi connectivity index (χ4v) is 1.70. The predicted octanol–water partition coefficient (Wildman–Crippen LogP) is 3.27. The van der Waals surface area contributed by atoms with E-state index in [4.69, 9.17) is 11.6 Å². The van der Waals surface area contributed by atoms with Crippen LogP contribution in [-0.2, 0) is 6.54 Å². The molecule has 0 saturated heterocycles. The Balaban J connectivity index is 2.78. The van der Waals surface area contributed by atoms with Gasteiger partial charge in [-0.25, -0.2) is 17.6 Å². The molecule has 6 heteroatoms. The summed E-state index contributed by atoms with van der Waals surface area (Å²) in [5.74, 6) is -1.35. The number of benzene rings is 1. The highest BCUT2D eigenvalue weighted by atomic mass is 35.5. The van der Waals surface area contributed by atoms with Crippen LogP contribution in [0.1, 0.15) is 5.56 Å². The van der Waals surface area contributed by atoms with E-state index in [1.807, 2.05) is 0 Å². The highest BCUT2D eigenvalue weighted by Gasteiger charge is 2.16. The van der Waals surface area contributed by atoms with Crippen molar-refractivity contribution in [3.05, 3.63) is 35.4 Å². The molecule has 0 radical (unpaired) electrons. The van der Waals surface area contributed by atoms with E-state index >= 15 is 0 Å². The largest absolute Gasteiger partial charge is 0.292 e. The van der Waals surface area contributed by atoms with Crippen LogP contribution >= 0.6 is 11.6 Å². The third kappa shape index (κ3) is 4.52. The second-order valence-electron chi connectivity index (χ2n) is 3.52. The van der Waals surface area contributed by atoms with Crippen molar-refractivity contribution in [2.45, 2.75) is 13.0 Å². The molecule has 0 saturated carbocycles. The van der Waals surface area contributed by atoms with Crippen molar-refractivity contribution in [3.63, 3.8) is 0 Å². The van der Waals surface area contributed by atoms with Crippen LogP contribution < -0.4 is 0 Å². The SMILES string of the molecule is Fc1cccc(F)c1CN(CCCl)CC(F)F. The molecule has 0 amide bonds. The maximum Gasteiger partial charge on any atom is 0.251 e. The molecule has 0 fully saturated rings. The van der Waals surface area contributed by atoms with Crippen molar-refractivity contribution in [2.75, 3.05) is 19.0 Å². The first-order valence-corrected chi connectivity index (χ1v) is 5.57. The number of alkyl halides is 3. The highest BCUT2D eigenvalue weighted by Crippen LogP contribution is 2.15. The van der Waals surface area contributed by atoms with E-state index in [0.717, 1.165) is 12.1 Å². The summed E-state index contributed by atoms with van der Waals surface area (Å²) in [5.41, 5.74) is -0.210. The van der Waals surface area contributed by atoms with Crippen LogP contribution in [0.3, 0.4) is 0 Å². The lowest BCUT2D eigenvalue weighted by Crippen LogP contribution is -2.31. The zero-order valence-electron chi connectivity index (χ0n) is 8.97. The summed E-state index contributed by atoms with van der Waals surface area (Å²) in [7, 11) is 0. The van der Waals surface area contributed by atoms with Gasteiger partial charge in [0.2, 0.25) is 0 Å². The lowest BCUT2D eigenvalue weighted by atomic mass is 10.2. The van der Waals surface area contributed by atoms with Gasteiger partial charge in [-0.05, 0) is 12.1 Å². The molecule has 0 N–H and O–H groups in total. The van der Waals surface area contributed by atoms with Gasteiger partial charge in [0.05, 0.1) is 6.54 Å². The second-order valence-corrected chi connectivity index (χ2v) is 3.89. The molecule has 0 atom stereocenters. The van der Waals surface area contributed by atoms with Crippen molar-refractivity contribution in [2.24, 2.45) is 0 Å². The maximum absolute atomic E-state index is 13.3. The van der Waals surface area contributed by atoms with Gasteiger partial charge in [-0.15, -0.1) is 11.6 Å². The molecule has 0 heterocycles. The monoisotopic (exact) mass is 269 g/mol. The van der Waals surface area contributed by atoms with Gasteiger partial charge in [-0.2, -0.15) is 0 Å². The van der Waals surface area contributed by atoms with Crippen LogP contribution in [0, 0.1) is 11.6 Å². The van der Waals surface area contributed by atoms with Crippen molar-refractivity contribution < 1.29 is 17.6 Å². The van der Waals surface area contributed by atoms with Gasteiger partial charge in [0.1, 0.15) is 11.6 Å². The molecule has 0 spiro atoms. The van der Waals surface area contributed by atoms with Crippen LogP contribution in [0.4, 0.5) is 17.6 Å². The zero-order valence-corrected chi connectivity index (χ0v) is 9.73. The summed E-state index contributed by atoms with van der Waals surface area (Å²) in [4.78, 5) is 1.22. The molecule has 1 rings (SSSR count). The topological polar surface area (TPSA) is 3.24 Å². The first-order valence-electron chi connectivity index (χ1n) is 5.04. The summed E-state index contributed by atoms with van der Waals surface area (Å²) >= 11 is 5.45. The Morgan fingerprint density at radius 2 is 1.76 bits per heavy atom. The predicted molar refractivity (Wildman–Crippen MR) is 58.4 cm³/mol. The minimum atomic E-state index is -2.56. The van der Waals surface area contributed by atoms with Crippen LogP contribution in [0.15, 0.2) is 18.2 Å². The standard InChI is InChI=1S/C11H12ClF4N/c12-4-5-17(7-11(15)16)6-8-9(13)2-1-3-10(8)14/h1-3,11H,4-7H2. The maximum atomic E-state index is 13.3. The van der Waals surface area contributed by atoms with E-state index in [2.05, 4.69) is 0 Å². The lowest BCUT2D eigenvalue weighted by molar-refractivity contribution is 0.0867.